The van der Waals surface area contributed by atoms with Gasteiger partial charge in [0.25, 0.3) is 5.91 Å². The summed E-state index contributed by atoms with van der Waals surface area (Å²) < 4.78 is 11.7. The van der Waals surface area contributed by atoms with Crippen LogP contribution in [0.3, 0.4) is 0 Å². The number of fused-ring (bicyclic) bond motifs is 2. The average Bonchev–Trinajstić information content (AvgIpc) is 3.31. The number of benzene rings is 4. The molecule has 0 radical (unpaired) electrons. The van der Waals surface area contributed by atoms with Crippen LogP contribution < -0.4 is 10.1 Å². The Hall–Kier alpha value is -3.83. The number of nitrogens with zero attached hydrogens (tertiary/aromatic N) is 1. The fourth-order valence-electron chi connectivity index (χ4n) is 3.96. The minimum Gasteiger partial charge on any atom is -0.484 e. The molecule has 0 saturated carbocycles. The molecule has 0 spiro atoms. The highest BCUT2D eigenvalue weighted by atomic mass is 35.5. The molecule has 0 aliphatic heterocycles. The van der Waals surface area contributed by atoms with Crippen LogP contribution in [-0.4, -0.2) is 17.5 Å². The number of carbonyl (C=O) groups is 1. The van der Waals surface area contributed by atoms with Gasteiger partial charge in [-0.25, -0.2) is 4.98 Å². The molecule has 0 saturated heterocycles. The number of amides is 1. The molecule has 1 heterocycles. The number of carbonyl (C=O) groups excluding carboxylic acids is 1. The molecule has 1 atom stereocenters. The highest BCUT2D eigenvalue weighted by molar-refractivity contribution is 6.33. The third-order valence-corrected chi connectivity index (χ3v) is 6.50. The van der Waals surface area contributed by atoms with E-state index >= 15 is 0 Å². The zero-order valence-electron chi connectivity index (χ0n) is 19.5. The fraction of sp³-hybridized carbons (Fsp3) is 0.172. The summed E-state index contributed by atoms with van der Waals surface area (Å²) in [5, 5.41) is 5.41. The predicted octanol–water partition coefficient (Wildman–Crippen LogP) is 7.83. The van der Waals surface area contributed by atoms with Crippen LogP contribution >= 0.6 is 11.6 Å². The first-order chi connectivity index (χ1) is 17.0. The Morgan fingerprint density at radius 2 is 1.86 bits per heavy atom. The van der Waals surface area contributed by atoms with Gasteiger partial charge in [-0.3, -0.25) is 4.79 Å². The Kier molecular flexibility index (Phi) is 6.43. The van der Waals surface area contributed by atoms with Crippen molar-refractivity contribution in [1.82, 2.24) is 4.98 Å². The SMILES string of the molecule is CC[C@@H](C)c1ccc2oc(-c3ccc(Cl)c(NC(=O)COc4ccc5ccccc5c4)c3)nc2c1. The van der Waals surface area contributed by atoms with Gasteiger partial charge in [-0.1, -0.05) is 61.8 Å². The first kappa shape index (κ1) is 22.9. The molecule has 0 aliphatic carbocycles. The van der Waals surface area contributed by atoms with Crippen LogP contribution in [-0.2, 0) is 4.79 Å². The molecule has 0 aliphatic rings. The summed E-state index contributed by atoms with van der Waals surface area (Å²) in [5.41, 5.74) is 3.95. The Bertz CT molecular complexity index is 1530. The second kappa shape index (κ2) is 9.80. The molecule has 0 bridgehead atoms. The lowest BCUT2D eigenvalue weighted by atomic mass is 9.98. The van der Waals surface area contributed by atoms with Crippen molar-refractivity contribution in [1.29, 1.82) is 0 Å². The molecule has 6 heteroatoms. The van der Waals surface area contributed by atoms with Gasteiger partial charge in [0.1, 0.15) is 11.3 Å². The van der Waals surface area contributed by atoms with E-state index in [1.807, 2.05) is 54.6 Å². The van der Waals surface area contributed by atoms with Crippen molar-refractivity contribution in [3.63, 3.8) is 0 Å². The van der Waals surface area contributed by atoms with E-state index in [9.17, 15) is 4.79 Å². The van der Waals surface area contributed by atoms with Gasteiger partial charge in [-0.15, -0.1) is 0 Å². The number of aromatic nitrogens is 1. The maximum atomic E-state index is 12.6. The first-order valence-electron chi connectivity index (χ1n) is 11.6. The van der Waals surface area contributed by atoms with Crippen LogP contribution in [0, 0.1) is 0 Å². The Labute approximate surface area is 208 Å². The molecule has 5 rings (SSSR count). The molecule has 35 heavy (non-hydrogen) atoms. The molecular weight excluding hydrogens is 460 g/mol. The van der Waals surface area contributed by atoms with E-state index < -0.39 is 0 Å². The van der Waals surface area contributed by atoms with Gasteiger partial charge in [0.2, 0.25) is 5.89 Å². The number of ether oxygens (including phenoxy) is 1. The van der Waals surface area contributed by atoms with Crippen molar-refractivity contribution in [3.8, 4) is 17.2 Å². The van der Waals surface area contributed by atoms with Crippen molar-refractivity contribution < 1.29 is 13.9 Å². The summed E-state index contributed by atoms with van der Waals surface area (Å²) in [5.74, 6) is 1.24. The summed E-state index contributed by atoms with van der Waals surface area (Å²) >= 11 is 6.35. The second-order valence-corrected chi connectivity index (χ2v) is 9.00. The van der Waals surface area contributed by atoms with E-state index in [0.29, 0.717) is 28.3 Å². The van der Waals surface area contributed by atoms with Crippen LogP contribution in [0.4, 0.5) is 5.69 Å². The first-order valence-corrected chi connectivity index (χ1v) is 12.0. The monoisotopic (exact) mass is 484 g/mol. The number of rotatable bonds is 7. The summed E-state index contributed by atoms with van der Waals surface area (Å²) in [6.07, 6.45) is 1.06. The molecule has 1 aromatic heterocycles. The number of hydrogen-bond donors (Lipinski definition) is 1. The fourth-order valence-corrected chi connectivity index (χ4v) is 4.12. The van der Waals surface area contributed by atoms with Gasteiger partial charge in [0.05, 0.1) is 10.7 Å². The van der Waals surface area contributed by atoms with Crippen molar-refractivity contribution >= 4 is 45.1 Å². The molecule has 0 unspecified atom stereocenters. The lowest BCUT2D eigenvalue weighted by Gasteiger charge is -2.10. The van der Waals surface area contributed by atoms with Crippen molar-refractivity contribution in [2.75, 3.05) is 11.9 Å². The maximum Gasteiger partial charge on any atom is 0.262 e. The van der Waals surface area contributed by atoms with E-state index in [0.717, 1.165) is 33.9 Å². The Balaban J connectivity index is 1.31. The second-order valence-electron chi connectivity index (χ2n) is 8.60. The van der Waals surface area contributed by atoms with Crippen molar-refractivity contribution in [2.45, 2.75) is 26.2 Å². The van der Waals surface area contributed by atoms with E-state index in [4.69, 9.17) is 20.8 Å². The van der Waals surface area contributed by atoms with Gasteiger partial charge in [-0.2, -0.15) is 0 Å². The number of nitrogens with one attached hydrogen (secondary N) is 1. The van der Waals surface area contributed by atoms with Crippen molar-refractivity contribution in [3.05, 3.63) is 89.4 Å². The van der Waals surface area contributed by atoms with Crippen LogP contribution in [0.2, 0.25) is 5.02 Å². The minimum atomic E-state index is -0.312. The largest absolute Gasteiger partial charge is 0.484 e. The Morgan fingerprint density at radius 3 is 2.69 bits per heavy atom. The summed E-state index contributed by atoms with van der Waals surface area (Å²) in [6, 6.07) is 25.1. The quantitative estimate of drug-likeness (QED) is 0.255. The maximum absolute atomic E-state index is 12.6. The summed E-state index contributed by atoms with van der Waals surface area (Å²) in [6.45, 7) is 4.22. The van der Waals surface area contributed by atoms with E-state index in [-0.39, 0.29) is 12.5 Å². The number of anilines is 1. The minimum absolute atomic E-state index is 0.139. The molecule has 1 amide bonds. The molecule has 5 aromatic rings. The van der Waals surface area contributed by atoms with Crippen molar-refractivity contribution in [2.24, 2.45) is 0 Å². The summed E-state index contributed by atoms with van der Waals surface area (Å²) in [4.78, 5) is 17.3. The number of hydrogen-bond acceptors (Lipinski definition) is 4. The van der Waals surface area contributed by atoms with E-state index in [1.165, 1.54) is 5.56 Å². The van der Waals surface area contributed by atoms with Gasteiger partial charge >= 0.3 is 0 Å². The molecular formula is C29H25ClN2O3. The average molecular weight is 485 g/mol. The Morgan fingerprint density at radius 1 is 1.03 bits per heavy atom. The zero-order chi connectivity index (χ0) is 24.4. The van der Waals surface area contributed by atoms with Crippen LogP contribution in [0.15, 0.2) is 83.3 Å². The smallest absolute Gasteiger partial charge is 0.262 e. The summed E-state index contributed by atoms with van der Waals surface area (Å²) in [7, 11) is 0. The van der Waals surface area contributed by atoms with Crippen LogP contribution in [0.1, 0.15) is 31.7 Å². The lowest BCUT2D eigenvalue weighted by Crippen LogP contribution is -2.20. The number of oxazole rings is 1. The molecule has 0 fully saturated rings. The van der Waals surface area contributed by atoms with Gasteiger partial charge < -0.3 is 14.5 Å². The van der Waals surface area contributed by atoms with E-state index in [1.54, 1.807) is 12.1 Å². The standard InChI is InChI=1S/C29H25ClN2O3/c1-3-18(2)20-10-13-27-26(15-20)32-29(35-27)22-9-12-24(30)25(16-22)31-28(33)17-34-23-11-8-19-6-4-5-7-21(19)14-23/h4-16,18H,3,17H2,1-2H3,(H,31,33)/t18-/m1/s1. The highest BCUT2D eigenvalue weighted by Gasteiger charge is 2.14. The molecule has 5 nitrogen and oxygen atoms in total. The third-order valence-electron chi connectivity index (χ3n) is 6.17. The van der Waals surface area contributed by atoms with Gasteiger partial charge in [-0.05, 0) is 71.1 Å². The molecule has 176 valence electrons. The third kappa shape index (κ3) is 5.00. The van der Waals surface area contributed by atoms with Crippen LogP contribution in [0.25, 0.3) is 33.3 Å². The lowest BCUT2D eigenvalue weighted by molar-refractivity contribution is -0.118. The molecule has 4 aromatic carbocycles. The van der Waals surface area contributed by atoms with Crippen LogP contribution in [0.5, 0.6) is 5.75 Å². The normalized spacial score (nSPS) is 12.1. The topological polar surface area (TPSA) is 64.4 Å². The molecule has 1 N–H and O–H groups in total. The number of halogens is 1. The highest BCUT2D eigenvalue weighted by Crippen LogP contribution is 2.32. The predicted molar refractivity (Wildman–Crippen MR) is 141 cm³/mol. The van der Waals surface area contributed by atoms with Gasteiger partial charge in [0, 0.05) is 5.56 Å². The van der Waals surface area contributed by atoms with Gasteiger partial charge in [0.15, 0.2) is 12.2 Å². The zero-order valence-corrected chi connectivity index (χ0v) is 20.3. The van der Waals surface area contributed by atoms with E-state index in [2.05, 4.69) is 36.3 Å².